The molecule has 0 spiro atoms. The number of rotatable bonds is 4. The van der Waals surface area contributed by atoms with E-state index in [1.165, 1.54) is 6.07 Å². The molecule has 0 aliphatic carbocycles. The van der Waals surface area contributed by atoms with Crippen LogP contribution in [0.15, 0.2) is 18.2 Å². The third kappa shape index (κ3) is 3.47. The standard InChI is InChI=1S/C12H16ClFO/c1-8(2)11(15)7-6-9-4-3-5-10(13)12(9)14/h3-5,8,11,15H,6-7H2,1-2H3. The molecule has 1 rings (SSSR count). The minimum Gasteiger partial charge on any atom is -0.393 e. The smallest absolute Gasteiger partial charge is 0.144 e. The van der Waals surface area contributed by atoms with E-state index < -0.39 is 0 Å². The number of aryl methyl sites for hydroxylation is 1. The fraction of sp³-hybridized carbons (Fsp3) is 0.500. The van der Waals surface area contributed by atoms with Crippen LogP contribution >= 0.6 is 11.6 Å². The number of halogens is 2. The molecule has 0 aromatic heterocycles. The van der Waals surface area contributed by atoms with Gasteiger partial charge in [-0.25, -0.2) is 4.39 Å². The Bertz CT molecular complexity index is 325. The van der Waals surface area contributed by atoms with Crippen molar-refractivity contribution in [1.29, 1.82) is 0 Å². The van der Waals surface area contributed by atoms with Crippen molar-refractivity contribution < 1.29 is 9.50 Å². The monoisotopic (exact) mass is 230 g/mol. The molecular formula is C12H16ClFO. The third-order valence-corrected chi connectivity index (χ3v) is 2.80. The third-order valence-electron chi connectivity index (χ3n) is 2.51. The summed E-state index contributed by atoms with van der Waals surface area (Å²) in [5.74, 6) is -0.164. The molecule has 15 heavy (non-hydrogen) atoms. The van der Waals surface area contributed by atoms with Crippen molar-refractivity contribution in [2.24, 2.45) is 5.92 Å². The van der Waals surface area contributed by atoms with Crippen LogP contribution in [0.25, 0.3) is 0 Å². The number of aliphatic hydroxyl groups excluding tert-OH is 1. The van der Waals surface area contributed by atoms with Gasteiger partial charge < -0.3 is 5.11 Å². The first-order chi connectivity index (χ1) is 7.02. The van der Waals surface area contributed by atoms with Crippen molar-refractivity contribution >= 4 is 11.6 Å². The van der Waals surface area contributed by atoms with Crippen LogP contribution in [-0.4, -0.2) is 11.2 Å². The zero-order valence-electron chi connectivity index (χ0n) is 9.00. The van der Waals surface area contributed by atoms with E-state index in [-0.39, 0.29) is 22.9 Å². The van der Waals surface area contributed by atoms with E-state index in [0.717, 1.165) is 0 Å². The van der Waals surface area contributed by atoms with E-state index in [1.54, 1.807) is 12.1 Å². The predicted octanol–water partition coefficient (Wildman–Crippen LogP) is 3.43. The number of benzene rings is 1. The molecule has 0 radical (unpaired) electrons. The zero-order valence-corrected chi connectivity index (χ0v) is 9.76. The van der Waals surface area contributed by atoms with Gasteiger partial charge >= 0.3 is 0 Å². The molecule has 0 aliphatic rings. The molecular weight excluding hydrogens is 215 g/mol. The molecule has 1 aromatic rings. The molecule has 0 saturated carbocycles. The minimum absolute atomic E-state index is 0.145. The summed E-state index contributed by atoms with van der Waals surface area (Å²) in [6, 6.07) is 4.95. The lowest BCUT2D eigenvalue weighted by atomic mass is 9.99. The van der Waals surface area contributed by atoms with Gasteiger partial charge in [0.25, 0.3) is 0 Å². The molecule has 3 heteroatoms. The maximum atomic E-state index is 13.4. The van der Waals surface area contributed by atoms with Gasteiger partial charge in [-0.2, -0.15) is 0 Å². The Balaban J connectivity index is 2.62. The normalized spacial score (nSPS) is 13.2. The summed E-state index contributed by atoms with van der Waals surface area (Å²) >= 11 is 5.65. The number of hydrogen-bond donors (Lipinski definition) is 1. The van der Waals surface area contributed by atoms with Gasteiger partial charge in [-0.3, -0.25) is 0 Å². The molecule has 0 heterocycles. The van der Waals surface area contributed by atoms with Crippen LogP contribution in [0, 0.1) is 11.7 Å². The van der Waals surface area contributed by atoms with Crippen LogP contribution < -0.4 is 0 Å². The summed E-state index contributed by atoms with van der Waals surface area (Å²) in [7, 11) is 0. The van der Waals surface area contributed by atoms with Crippen molar-refractivity contribution in [2.45, 2.75) is 32.8 Å². The lowest BCUT2D eigenvalue weighted by Crippen LogP contribution is -2.15. The lowest BCUT2D eigenvalue weighted by molar-refractivity contribution is 0.116. The summed E-state index contributed by atoms with van der Waals surface area (Å²) in [4.78, 5) is 0. The Kier molecular flexibility index (Phi) is 4.55. The van der Waals surface area contributed by atoms with Crippen LogP contribution in [0.2, 0.25) is 5.02 Å². The van der Waals surface area contributed by atoms with Crippen LogP contribution in [0.3, 0.4) is 0 Å². The fourth-order valence-electron chi connectivity index (χ4n) is 1.38. The molecule has 1 nitrogen and oxygen atoms in total. The van der Waals surface area contributed by atoms with Crippen molar-refractivity contribution in [3.63, 3.8) is 0 Å². The number of hydrogen-bond acceptors (Lipinski definition) is 1. The van der Waals surface area contributed by atoms with Gasteiger partial charge in [-0.15, -0.1) is 0 Å². The molecule has 0 saturated heterocycles. The summed E-state index contributed by atoms with van der Waals surface area (Å²) in [5.41, 5.74) is 0.571. The average Bonchev–Trinajstić information content (AvgIpc) is 2.19. The van der Waals surface area contributed by atoms with Crippen LogP contribution in [0.4, 0.5) is 4.39 Å². The Labute approximate surface area is 94.9 Å². The first-order valence-corrected chi connectivity index (χ1v) is 5.51. The summed E-state index contributed by atoms with van der Waals surface area (Å²) in [5, 5.41) is 9.74. The van der Waals surface area contributed by atoms with Gasteiger partial charge in [-0.1, -0.05) is 37.6 Å². The molecule has 0 amide bonds. The second-order valence-electron chi connectivity index (χ2n) is 4.06. The highest BCUT2D eigenvalue weighted by Gasteiger charge is 2.11. The topological polar surface area (TPSA) is 20.2 Å². The van der Waals surface area contributed by atoms with E-state index in [1.807, 2.05) is 13.8 Å². The summed E-state index contributed by atoms with van der Waals surface area (Å²) < 4.78 is 13.4. The van der Waals surface area contributed by atoms with E-state index in [2.05, 4.69) is 0 Å². The summed E-state index contributed by atoms with van der Waals surface area (Å²) in [6.45, 7) is 3.89. The molecule has 0 bridgehead atoms. The second-order valence-corrected chi connectivity index (χ2v) is 4.47. The molecule has 1 atom stereocenters. The quantitative estimate of drug-likeness (QED) is 0.840. The minimum atomic E-state index is -0.386. The zero-order chi connectivity index (χ0) is 11.4. The lowest BCUT2D eigenvalue weighted by Gasteiger charge is -2.14. The Morgan fingerprint density at radius 2 is 2.07 bits per heavy atom. The highest BCUT2D eigenvalue weighted by molar-refractivity contribution is 6.30. The molecule has 0 fully saturated rings. The van der Waals surface area contributed by atoms with Gasteiger partial charge in [0.15, 0.2) is 0 Å². The Morgan fingerprint density at radius 1 is 1.40 bits per heavy atom. The van der Waals surface area contributed by atoms with E-state index in [0.29, 0.717) is 18.4 Å². The molecule has 0 aliphatic heterocycles. The van der Waals surface area contributed by atoms with Gasteiger partial charge in [0.1, 0.15) is 5.82 Å². The average molecular weight is 231 g/mol. The van der Waals surface area contributed by atoms with E-state index in [9.17, 15) is 9.50 Å². The second kappa shape index (κ2) is 5.47. The van der Waals surface area contributed by atoms with Gasteiger partial charge in [-0.05, 0) is 30.4 Å². The van der Waals surface area contributed by atoms with Gasteiger partial charge in [0.05, 0.1) is 11.1 Å². The first-order valence-electron chi connectivity index (χ1n) is 5.13. The largest absolute Gasteiger partial charge is 0.393 e. The first kappa shape index (κ1) is 12.5. The van der Waals surface area contributed by atoms with Crippen LogP contribution in [-0.2, 0) is 6.42 Å². The number of aliphatic hydroxyl groups is 1. The predicted molar refractivity (Wildman–Crippen MR) is 60.6 cm³/mol. The van der Waals surface area contributed by atoms with Gasteiger partial charge in [0, 0.05) is 0 Å². The van der Waals surface area contributed by atoms with Crippen molar-refractivity contribution in [2.75, 3.05) is 0 Å². The van der Waals surface area contributed by atoms with Crippen molar-refractivity contribution in [3.8, 4) is 0 Å². The Hall–Kier alpha value is -0.600. The van der Waals surface area contributed by atoms with Crippen molar-refractivity contribution in [1.82, 2.24) is 0 Å². The van der Waals surface area contributed by atoms with E-state index in [4.69, 9.17) is 11.6 Å². The summed E-state index contributed by atoms with van der Waals surface area (Å²) in [6.07, 6.45) is 0.698. The SMILES string of the molecule is CC(C)C(O)CCc1cccc(Cl)c1F. The molecule has 84 valence electrons. The fourth-order valence-corrected chi connectivity index (χ4v) is 1.57. The maximum absolute atomic E-state index is 13.4. The highest BCUT2D eigenvalue weighted by Crippen LogP contribution is 2.20. The highest BCUT2D eigenvalue weighted by atomic mass is 35.5. The molecule has 1 unspecified atom stereocenters. The van der Waals surface area contributed by atoms with Crippen molar-refractivity contribution in [3.05, 3.63) is 34.6 Å². The maximum Gasteiger partial charge on any atom is 0.144 e. The van der Waals surface area contributed by atoms with Crippen LogP contribution in [0.1, 0.15) is 25.8 Å². The molecule has 1 aromatic carbocycles. The Morgan fingerprint density at radius 3 is 2.67 bits per heavy atom. The molecule has 1 N–H and O–H groups in total. The van der Waals surface area contributed by atoms with Gasteiger partial charge in [0.2, 0.25) is 0 Å². The van der Waals surface area contributed by atoms with Crippen LogP contribution in [0.5, 0.6) is 0 Å². The van der Waals surface area contributed by atoms with E-state index >= 15 is 0 Å².